The number of alkyl halides is 3. The maximum Gasteiger partial charge on any atom is 0.534 e. The van der Waals surface area contributed by atoms with Crippen LogP contribution in [0.5, 0.6) is 11.6 Å². The number of hydrogen-bond acceptors (Lipinski definition) is 7. The first-order chi connectivity index (χ1) is 14.0. The Bertz CT molecular complexity index is 1110. The van der Waals surface area contributed by atoms with Gasteiger partial charge >= 0.3 is 15.6 Å². The molecule has 0 bridgehead atoms. The van der Waals surface area contributed by atoms with Gasteiger partial charge in [-0.15, -0.1) is 0 Å². The van der Waals surface area contributed by atoms with Crippen LogP contribution < -0.4 is 14.7 Å². The molecule has 0 amide bonds. The molecule has 0 spiro atoms. The highest BCUT2D eigenvalue weighted by atomic mass is 32.2. The third-order valence-corrected chi connectivity index (χ3v) is 4.69. The average molecular weight is 446 g/mol. The van der Waals surface area contributed by atoms with Gasteiger partial charge in [0.1, 0.15) is 23.9 Å². The minimum Gasteiger partial charge on any atom is -0.491 e. The lowest BCUT2D eigenvalue weighted by molar-refractivity contribution is -0.0501. The highest BCUT2D eigenvalue weighted by Crippen LogP contribution is 2.35. The summed E-state index contributed by atoms with van der Waals surface area (Å²) in [7, 11) is -5.85. The minimum absolute atomic E-state index is 0.0675. The van der Waals surface area contributed by atoms with Crippen LogP contribution >= 0.6 is 0 Å². The summed E-state index contributed by atoms with van der Waals surface area (Å²) in [5.41, 5.74) is 0.558. The van der Waals surface area contributed by atoms with E-state index in [0.717, 1.165) is 18.6 Å². The molecular formula is C16H17F3N6O4S. The molecular weight excluding hydrogens is 429 g/mol. The quantitative estimate of drug-likeness (QED) is 0.327. The molecule has 2 aromatic rings. The van der Waals surface area contributed by atoms with Crippen molar-refractivity contribution in [1.82, 2.24) is 14.5 Å². The van der Waals surface area contributed by atoms with Gasteiger partial charge in [-0.3, -0.25) is 4.99 Å². The molecule has 0 unspecified atom stereocenters. The van der Waals surface area contributed by atoms with E-state index in [9.17, 15) is 21.6 Å². The molecule has 14 heteroatoms. The lowest BCUT2D eigenvalue weighted by atomic mass is 10.2. The summed E-state index contributed by atoms with van der Waals surface area (Å²) >= 11 is 0. The van der Waals surface area contributed by atoms with Crippen LogP contribution in [-0.4, -0.2) is 53.3 Å². The van der Waals surface area contributed by atoms with Gasteiger partial charge in [0.2, 0.25) is 5.88 Å². The number of ether oxygens (including phenoxy) is 1. The van der Waals surface area contributed by atoms with E-state index in [2.05, 4.69) is 24.1 Å². The van der Waals surface area contributed by atoms with Crippen LogP contribution in [0.15, 0.2) is 28.4 Å². The van der Waals surface area contributed by atoms with Gasteiger partial charge in [0.05, 0.1) is 18.4 Å². The Morgan fingerprint density at radius 2 is 2.17 bits per heavy atom. The molecule has 2 N–H and O–H groups in total. The molecule has 1 aliphatic heterocycles. The molecule has 10 nitrogen and oxygen atoms in total. The predicted octanol–water partition coefficient (Wildman–Crippen LogP) is 1.71. The zero-order valence-corrected chi connectivity index (χ0v) is 16.6. The summed E-state index contributed by atoms with van der Waals surface area (Å²) in [6, 6.07) is 0.891. The fourth-order valence-corrected chi connectivity index (χ4v) is 2.97. The van der Waals surface area contributed by atoms with Crippen molar-refractivity contribution < 1.29 is 30.5 Å². The maximum atomic E-state index is 12.5. The van der Waals surface area contributed by atoms with E-state index in [4.69, 9.17) is 10.5 Å². The molecule has 0 radical (unpaired) electrons. The third kappa shape index (κ3) is 4.37. The second-order valence-corrected chi connectivity index (χ2v) is 7.86. The monoisotopic (exact) mass is 446 g/mol. The highest BCUT2D eigenvalue weighted by Gasteiger charge is 2.49. The van der Waals surface area contributed by atoms with E-state index in [0.29, 0.717) is 29.5 Å². The molecule has 0 aliphatic carbocycles. The van der Waals surface area contributed by atoms with E-state index in [-0.39, 0.29) is 18.4 Å². The van der Waals surface area contributed by atoms with Crippen molar-refractivity contribution in [2.45, 2.75) is 31.9 Å². The number of fused-ring (bicyclic) bond motifs is 3. The standard InChI is InChI=1S/C16H17F3N6O4S/c1-9(2)23-14(22-8-20)11-7-25-3-4-28-12-5-13(21-6-10(12)15(25)24-11)29-30(26,27)16(17,18)19/h5-9H,3-4H2,1-2H3,(H2,20,22,23). The lowest BCUT2D eigenvalue weighted by Crippen LogP contribution is -2.28. The summed E-state index contributed by atoms with van der Waals surface area (Å²) in [4.78, 5) is 16.5. The topological polar surface area (TPSA) is 134 Å². The molecule has 0 aromatic carbocycles. The highest BCUT2D eigenvalue weighted by molar-refractivity contribution is 7.87. The van der Waals surface area contributed by atoms with E-state index in [1.54, 1.807) is 10.8 Å². The van der Waals surface area contributed by atoms with Gasteiger partial charge in [-0.1, -0.05) is 0 Å². The molecule has 3 heterocycles. The molecule has 1 aliphatic rings. The summed E-state index contributed by atoms with van der Waals surface area (Å²) in [6.45, 7) is 4.21. The van der Waals surface area contributed by atoms with Crippen molar-refractivity contribution in [2.24, 2.45) is 15.7 Å². The van der Waals surface area contributed by atoms with Crippen LogP contribution in [-0.2, 0) is 16.7 Å². The number of hydrogen-bond donors (Lipinski definition) is 1. The van der Waals surface area contributed by atoms with Gasteiger partial charge in [0.25, 0.3) is 0 Å². The Morgan fingerprint density at radius 3 is 2.80 bits per heavy atom. The van der Waals surface area contributed by atoms with Crippen LogP contribution in [0.1, 0.15) is 19.5 Å². The molecule has 0 saturated heterocycles. The second kappa shape index (κ2) is 7.93. The molecule has 0 saturated carbocycles. The zero-order chi connectivity index (χ0) is 22.1. The molecule has 2 aromatic heterocycles. The number of rotatable bonds is 4. The third-order valence-electron chi connectivity index (χ3n) is 3.73. The van der Waals surface area contributed by atoms with E-state index >= 15 is 0 Å². The number of aromatic nitrogens is 3. The molecule has 3 rings (SSSR count). The summed E-state index contributed by atoms with van der Waals surface area (Å²) in [5.74, 6) is -0.0160. The van der Waals surface area contributed by atoms with Crippen LogP contribution in [0, 0.1) is 0 Å². The van der Waals surface area contributed by atoms with E-state index < -0.39 is 21.5 Å². The van der Waals surface area contributed by atoms with Crippen molar-refractivity contribution in [3.63, 3.8) is 0 Å². The van der Waals surface area contributed by atoms with Gasteiger partial charge in [-0.25, -0.2) is 15.0 Å². The van der Waals surface area contributed by atoms with Crippen molar-refractivity contribution in [2.75, 3.05) is 6.61 Å². The van der Waals surface area contributed by atoms with Crippen molar-refractivity contribution in [1.29, 1.82) is 0 Å². The number of nitrogens with two attached hydrogens (primary N) is 1. The van der Waals surface area contributed by atoms with E-state index in [1.165, 1.54) is 0 Å². The first-order valence-electron chi connectivity index (χ1n) is 8.55. The summed E-state index contributed by atoms with van der Waals surface area (Å²) < 4.78 is 71.3. The van der Waals surface area contributed by atoms with Crippen molar-refractivity contribution in [3.05, 3.63) is 24.2 Å². The predicted molar refractivity (Wildman–Crippen MR) is 101 cm³/mol. The smallest absolute Gasteiger partial charge is 0.491 e. The average Bonchev–Trinajstić information content (AvgIpc) is 2.96. The van der Waals surface area contributed by atoms with Crippen molar-refractivity contribution >= 4 is 22.3 Å². The fourth-order valence-electron chi connectivity index (χ4n) is 2.56. The van der Waals surface area contributed by atoms with Gasteiger partial charge in [-0.05, 0) is 13.8 Å². The Balaban J connectivity index is 2.02. The Kier molecular flexibility index (Phi) is 5.70. The van der Waals surface area contributed by atoms with Gasteiger partial charge in [0, 0.05) is 24.5 Å². The Morgan fingerprint density at radius 1 is 1.43 bits per heavy atom. The van der Waals surface area contributed by atoms with Gasteiger partial charge in [-0.2, -0.15) is 21.6 Å². The maximum absolute atomic E-state index is 12.5. The second-order valence-electron chi connectivity index (χ2n) is 6.32. The Labute approximate surface area is 169 Å². The van der Waals surface area contributed by atoms with Crippen molar-refractivity contribution in [3.8, 4) is 23.0 Å². The number of imidazole rings is 1. The van der Waals surface area contributed by atoms with Crippen LogP contribution in [0.2, 0.25) is 0 Å². The van der Waals surface area contributed by atoms with Crippen LogP contribution in [0.4, 0.5) is 13.2 Å². The molecule has 30 heavy (non-hydrogen) atoms. The SMILES string of the molecule is CC(C)N=C(N=CN)c1cn2c(n1)-c1cnc(OS(=O)(=O)C(F)(F)F)cc1OCC2. The number of amidine groups is 1. The normalized spacial score (nSPS) is 14.9. The minimum atomic E-state index is -5.85. The zero-order valence-electron chi connectivity index (χ0n) is 15.8. The van der Waals surface area contributed by atoms with Crippen LogP contribution in [0.3, 0.4) is 0 Å². The number of aliphatic imine (C=N–C) groups is 2. The number of nitrogens with zero attached hydrogens (tertiary/aromatic N) is 5. The van der Waals surface area contributed by atoms with Crippen LogP contribution in [0.25, 0.3) is 11.4 Å². The fraction of sp³-hybridized carbons (Fsp3) is 0.375. The van der Waals surface area contributed by atoms with Gasteiger partial charge < -0.3 is 19.2 Å². The molecule has 162 valence electrons. The number of pyridine rings is 1. The number of halogens is 3. The first kappa shape index (κ1) is 21.5. The molecule has 0 atom stereocenters. The van der Waals surface area contributed by atoms with Gasteiger partial charge in [0.15, 0.2) is 5.84 Å². The first-order valence-corrected chi connectivity index (χ1v) is 9.96. The van der Waals surface area contributed by atoms with E-state index in [1.807, 2.05) is 13.8 Å². The molecule has 0 fully saturated rings. The Hall–Kier alpha value is -3.16. The lowest BCUT2D eigenvalue weighted by Gasteiger charge is -2.11. The summed E-state index contributed by atoms with van der Waals surface area (Å²) in [5, 5.41) is 0. The largest absolute Gasteiger partial charge is 0.534 e. The summed E-state index contributed by atoms with van der Waals surface area (Å²) in [6.07, 6.45) is 3.89.